The molecule has 6 heteroatoms. The molecule has 0 aliphatic heterocycles. The zero-order valence-corrected chi connectivity index (χ0v) is 44.2. The normalized spacial score (nSPS) is 13.1. The molecule has 6 nitrogen and oxygen atoms in total. The Morgan fingerprint density at radius 3 is 1.09 bits per heavy atom. The van der Waals surface area contributed by atoms with E-state index >= 15 is 0 Å². The van der Waals surface area contributed by atoms with E-state index in [-0.39, 0.29) is 24.9 Å². The van der Waals surface area contributed by atoms with Crippen LogP contribution < -0.4 is 5.32 Å². The number of ether oxygens (including phenoxy) is 1. The minimum atomic E-state index is -0.782. The Morgan fingerprint density at radius 2 is 0.738 bits per heavy atom. The van der Waals surface area contributed by atoms with Crippen molar-refractivity contribution in [1.82, 2.24) is 5.32 Å². The molecule has 3 unspecified atom stereocenters. The van der Waals surface area contributed by atoms with Crippen molar-refractivity contribution in [2.45, 2.75) is 347 Å². The van der Waals surface area contributed by atoms with Crippen molar-refractivity contribution < 1.29 is 24.5 Å². The zero-order valence-electron chi connectivity index (χ0n) is 44.2. The van der Waals surface area contributed by atoms with Gasteiger partial charge in [-0.1, -0.05) is 277 Å². The van der Waals surface area contributed by atoms with Crippen LogP contribution in [0.2, 0.25) is 0 Å². The number of carbonyl (C=O) groups is 2. The van der Waals surface area contributed by atoms with Crippen molar-refractivity contribution >= 4 is 11.9 Å². The van der Waals surface area contributed by atoms with Gasteiger partial charge < -0.3 is 20.3 Å². The van der Waals surface area contributed by atoms with Gasteiger partial charge in [0.15, 0.2) is 0 Å². The van der Waals surface area contributed by atoms with Gasteiger partial charge in [0, 0.05) is 6.42 Å². The Hall–Kier alpha value is -1.40. The summed E-state index contributed by atoms with van der Waals surface area (Å²) < 4.78 is 5.97. The van der Waals surface area contributed by atoms with E-state index in [1.165, 1.54) is 238 Å². The maximum Gasteiger partial charge on any atom is 0.306 e. The molecule has 0 aromatic carbocycles. The summed E-state index contributed by atoms with van der Waals surface area (Å²) in [6.07, 6.45) is 61.4. The summed E-state index contributed by atoms with van der Waals surface area (Å²) >= 11 is 0. The van der Waals surface area contributed by atoms with Crippen LogP contribution in [0, 0.1) is 0 Å². The molecule has 0 aromatic rings. The van der Waals surface area contributed by atoms with Gasteiger partial charge in [0.05, 0.1) is 25.2 Å². The van der Waals surface area contributed by atoms with Crippen LogP contribution in [0.1, 0.15) is 329 Å². The number of amides is 1. The average molecular weight is 919 g/mol. The number of esters is 1. The Kier molecular flexibility index (Phi) is 52.4. The van der Waals surface area contributed by atoms with Crippen LogP contribution in [0.25, 0.3) is 0 Å². The first-order valence-electron chi connectivity index (χ1n) is 29.4. The summed E-state index contributed by atoms with van der Waals surface area (Å²) in [5.41, 5.74) is 0. The van der Waals surface area contributed by atoms with E-state index in [9.17, 15) is 19.8 Å². The molecule has 0 rings (SSSR count). The van der Waals surface area contributed by atoms with Gasteiger partial charge in [0.1, 0.15) is 6.10 Å². The third kappa shape index (κ3) is 48.9. The number of hydrogen-bond donors (Lipinski definition) is 3. The lowest BCUT2D eigenvalue weighted by molar-refractivity contribution is -0.151. The fraction of sp³-hybridized carbons (Fsp3) is 0.932. The van der Waals surface area contributed by atoms with Crippen molar-refractivity contribution in [2.75, 3.05) is 6.61 Å². The standard InChI is InChI=1S/C59H115NO5/c1-4-7-10-13-16-19-22-24-26-28-29-30-32-34-37-40-43-46-49-52-59(64)65-55(50-47-44-41-38-36-33-31-27-25-23-20-17-14-11-8-5-2)53-58(63)60-56(54-61)57(62)51-48-45-42-39-35-21-18-15-12-9-6-3/h24,26,55-57,61-62H,4-23,25,27-54H2,1-3H3,(H,60,63)/b26-24+. The average Bonchev–Trinajstić information content (AvgIpc) is 3.30. The molecule has 0 aliphatic carbocycles. The van der Waals surface area contributed by atoms with Crippen molar-refractivity contribution in [3.05, 3.63) is 12.2 Å². The monoisotopic (exact) mass is 918 g/mol. The van der Waals surface area contributed by atoms with E-state index in [0.717, 1.165) is 44.9 Å². The Balaban J connectivity index is 4.48. The van der Waals surface area contributed by atoms with Gasteiger partial charge in [-0.2, -0.15) is 0 Å². The number of allylic oxidation sites excluding steroid dienone is 2. The molecule has 0 heterocycles. The van der Waals surface area contributed by atoms with E-state index < -0.39 is 18.2 Å². The molecule has 386 valence electrons. The van der Waals surface area contributed by atoms with E-state index in [1.807, 2.05) is 0 Å². The molecule has 0 fully saturated rings. The second-order valence-electron chi connectivity index (χ2n) is 20.4. The fourth-order valence-corrected chi connectivity index (χ4v) is 9.37. The number of nitrogens with one attached hydrogen (secondary N) is 1. The molecule has 0 spiro atoms. The van der Waals surface area contributed by atoms with Crippen molar-refractivity contribution in [2.24, 2.45) is 0 Å². The van der Waals surface area contributed by atoms with Gasteiger partial charge in [0.25, 0.3) is 0 Å². The summed E-state index contributed by atoms with van der Waals surface area (Å²) in [6, 6.07) is -0.695. The van der Waals surface area contributed by atoms with Crippen LogP contribution in [-0.2, 0) is 14.3 Å². The quantitative estimate of drug-likeness (QED) is 0.0321. The van der Waals surface area contributed by atoms with Crippen LogP contribution in [0.4, 0.5) is 0 Å². The maximum atomic E-state index is 13.3. The Morgan fingerprint density at radius 1 is 0.431 bits per heavy atom. The molecular formula is C59H115NO5. The summed E-state index contributed by atoms with van der Waals surface area (Å²) in [6.45, 7) is 6.52. The van der Waals surface area contributed by atoms with Crippen LogP contribution in [0.3, 0.4) is 0 Å². The molecule has 65 heavy (non-hydrogen) atoms. The molecular weight excluding hydrogens is 803 g/mol. The van der Waals surface area contributed by atoms with Crippen molar-refractivity contribution in [3.63, 3.8) is 0 Å². The minimum Gasteiger partial charge on any atom is -0.462 e. The molecule has 3 N–H and O–H groups in total. The molecule has 1 amide bonds. The molecule has 3 atom stereocenters. The first-order chi connectivity index (χ1) is 32.0. The van der Waals surface area contributed by atoms with Crippen LogP contribution in [0.15, 0.2) is 12.2 Å². The first-order valence-corrected chi connectivity index (χ1v) is 29.4. The van der Waals surface area contributed by atoms with Gasteiger partial charge in [-0.05, 0) is 51.4 Å². The Bertz CT molecular complexity index is 986. The lowest BCUT2D eigenvalue weighted by Gasteiger charge is -2.24. The molecule has 0 radical (unpaired) electrons. The van der Waals surface area contributed by atoms with Crippen LogP contribution >= 0.6 is 0 Å². The molecule has 0 saturated heterocycles. The van der Waals surface area contributed by atoms with Crippen molar-refractivity contribution in [3.8, 4) is 0 Å². The predicted octanol–water partition coefficient (Wildman–Crippen LogP) is 18.1. The van der Waals surface area contributed by atoms with Crippen LogP contribution in [0.5, 0.6) is 0 Å². The number of hydrogen-bond acceptors (Lipinski definition) is 5. The number of rotatable bonds is 54. The highest BCUT2D eigenvalue weighted by Crippen LogP contribution is 2.19. The van der Waals surface area contributed by atoms with Gasteiger partial charge in [-0.25, -0.2) is 0 Å². The number of unbranched alkanes of at least 4 members (excludes halogenated alkanes) is 40. The third-order valence-electron chi connectivity index (χ3n) is 13.8. The highest BCUT2D eigenvalue weighted by atomic mass is 16.5. The highest BCUT2D eigenvalue weighted by molar-refractivity contribution is 5.77. The number of aliphatic hydroxyl groups is 2. The van der Waals surface area contributed by atoms with E-state index in [1.54, 1.807) is 0 Å². The third-order valence-corrected chi connectivity index (χ3v) is 13.8. The maximum absolute atomic E-state index is 13.3. The summed E-state index contributed by atoms with van der Waals surface area (Å²) in [5, 5.41) is 23.8. The van der Waals surface area contributed by atoms with E-state index in [2.05, 4.69) is 38.2 Å². The van der Waals surface area contributed by atoms with Crippen LogP contribution in [-0.4, -0.2) is 46.9 Å². The largest absolute Gasteiger partial charge is 0.462 e. The number of aliphatic hydroxyl groups excluding tert-OH is 2. The van der Waals surface area contributed by atoms with Gasteiger partial charge >= 0.3 is 5.97 Å². The minimum absolute atomic E-state index is 0.0849. The second kappa shape index (κ2) is 53.6. The van der Waals surface area contributed by atoms with Gasteiger partial charge in [0.2, 0.25) is 5.91 Å². The fourth-order valence-electron chi connectivity index (χ4n) is 9.37. The summed E-state index contributed by atoms with van der Waals surface area (Å²) in [4.78, 5) is 26.3. The smallest absolute Gasteiger partial charge is 0.306 e. The zero-order chi connectivity index (χ0) is 47.4. The topological polar surface area (TPSA) is 95.9 Å². The first kappa shape index (κ1) is 63.6. The molecule has 0 bridgehead atoms. The highest BCUT2D eigenvalue weighted by Gasteiger charge is 2.24. The lowest BCUT2D eigenvalue weighted by atomic mass is 10.0. The summed E-state index contributed by atoms with van der Waals surface area (Å²) in [5.74, 6) is -0.452. The molecule has 0 saturated carbocycles. The molecule has 0 aromatic heterocycles. The summed E-state index contributed by atoms with van der Waals surface area (Å²) in [7, 11) is 0. The lowest BCUT2D eigenvalue weighted by Crippen LogP contribution is -2.46. The predicted molar refractivity (Wildman–Crippen MR) is 283 cm³/mol. The van der Waals surface area contributed by atoms with Crippen molar-refractivity contribution in [1.29, 1.82) is 0 Å². The second-order valence-corrected chi connectivity index (χ2v) is 20.4. The van der Waals surface area contributed by atoms with Gasteiger partial charge in [-0.3, -0.25) is 9.59 Å². The van der Waals surface area contributed by atoms with E-state index in [4.69, 9.17) is 4.74 Å². The van der Waals surface area contributed by atoms with E-state index in [0.29, 0.717) is 19.3 Å². The van der Waals surface area contributed by atoms with Gasteiger partial charge in [-0.15, -0.1) is 0 Å². The number of carbonyl (C=O) groups excluding carboxylic acids is 2. The molecule has 0 aliphatic rings. The Labute approximate surface area is 406 Å². The SMILES string of the molecule is CCCCCCCC/C=C/CCCCCCCCCCCC(=O)OC(CCCCCCCCCCCCCCCCCC)CC(=O)NC(CO)C(O)CCCCCCCCCCCCC.